The maximum atomic E-state index is 13.4. The van der Waals surface area contributed by atoms with Crippen LogP contribution in [0.1, 0.15) is 68.1 Å². The minimum absolute atomic E-state index is 0.0556. The minimum atomic E-state index is -1.12. The average molecular weight is 596 g/mol. The van der Waals surface area contributed by atoms with Gasteiger partial charge in [-0.25, -0.2) is 4.79 Å². The van der Waals surface area contributed by atoms with Gasteiger partial charge < -0.3 is 24.1 Å². The van der Waals surface area contributed by atoms with Crippen LogP contribution in [0, 0.1) is 0 Å². The first kappa shape index (κ1) is 28.3. The van der Waals surface area contributed by atoms with Crippen molar-refractivity contribution in [3.8, 4) is 17.2 Å². The molecule has 3 aliphatic heterocycles. The lowest BCUT2D eigenvalue weighted by Gasteiger charge is -2.34. The van der Waals surface area contributed by atoms with E-state index in [2.05, 4.69) is 4.99 Å². The second-order valence-corrected chi connectivity index (χ2v) is 12.0. The van der Waals surface area contributed by atoms with Gasteiger partial charge in [0.1, 0.15) is 34.7 Å². The first-order valence-electron chi connectivity index (χ1n) is 15.0. The molecule has 0 radical (unpaired) electrons. The molecular weight excluding hydrogens is 562 g/mol. The number of nitrogens with zero attached hydrogens (tertiary/aromatic N) is 1. The number of fused-ring (bicyclic) bond motifs is 5. The van der Waals surface area contributed by atoms with Gasteiger partial charge in [-0.3, -0.25) is 14.6 Å². The number of aldehydes is 1. The van der Waals surface area contributed by atoms with E-state index in [0.717, 1.165) is 27.3 Å². The summed E-state index contributed by atoms with van der Waals surface area (Å²) in [6, 6.07) is 7.61. The number of benzene rings is 2. The number of rotatable bonds is 5. The molecule has 0 spiro atoms. The fraction of sp³-hybridized carbons (Fsp3) is 0.371. The highest BCUT2D eigenvalue weighted by atomic mass is 16.6. The Hall–Kier alpha value is -4.50. The molecule has 2 aromatic rings. The standard InChI is InChI=1S/C35H33NO8/c1-4-42-34(39)31-23(17-37)28(20-8-10-25(38)22(15-20)18-7-9-24-19(14-18)11-13-36-24)30-27(43-31)16-26-29(32(30)41-3)21-6-5-12-35(2,40)33(21)44-26/h5-7,9,11,14,16-17,21-22,33,40H,4,8,10,12-13,15H2,1-3H3/b28-20+/t21-,22-,33-,35+/m0/s1. The molecule has 44 heavy (non-hydrogen) atoms. The largest absolute Gasteiger partial charge is 0.496 e. The molecule has 2 aliphatic carbocycles. The van der Waals surface area contributed by atoms with Crippen LogP contribution in [-0.2, 0) is 19.1 Å². The predicted octanol–water partition coefficient (Wildman–Crippen LogP) is 3.36. The second kappa shape index (κ2) is 10.6. The Labute approximate surface area is 254 Å². The molecule has 3 heterocycles. The SMILES string of the molecule is CCOC(=O)C1=C(C=O)/C(=C2/CCC(=O)[C@H](c3ccc4c(c3)=CCN=4)C2)c2c(cc3c(c2OC)[C@@H]2C=CC[C@@](C)(O)[C@H]2O3)O1. The van der Waals surface area contributed by atoms with E-state index < -0.39 is 23.6 Å². The monoisotopic (exact) mass is 595 g/mol. The lowest BCUT2D eigenvalue weighted by molar-refractivity contribution is -0.141. The van der Waals surface area contributed by atoms with E-state index in [0.29, 0.717) is 54.7 Å². The molecule has 4 atom stereocenters. The van der Waals surface area contributed by atoms with Gasteiger partial charge in [-0.2, -0.15) is 0 Å². The number of ether oxygens (including phenoxy) is 4. The van der Waals surface area contributed by atoms with Crippen molar-refractivity contribution in [1.82, 2.24) is 0 Å². The molecule has 0 unspecified atom stereocenters. The van der Waals surface area contributed by atoms with Gasteiger partial charge >= 0.3 is 5.97 Å². The van der Waals surface area contributed by atoms with Crippen molar-refractivity contribution in [2.24, 2.45) is 4.99 Å². The number of allylic oxidation sites excluding steroid dienone is 3. The zero-order chi connectivity index (χ0) is 30.7. The third-order valence-electron chi connectivity index (χ3n) is 9.30. The number of hydrogen-bond donors (Lipinski definition) is 1. The van der Waals surface area contributed by atoms with Gasteiger partial charge in [0.25, 0.3) is 0 Å². The van der Waals surface area contributed by atoms with Crippen LogP contribution >= 0.6 is 0 Å². The fourth-order valence-corrected chi connectivity index (χ4v) is 7.23. The van der Waals surface area contributed by atoms with Gasteiger partial charge in [-0.15, -0.1) is 0 Å². The summed E-state index contributed by atoms with van der Waals surface area (Å²) >= 11 is 0. The van der Waals surface area contributed by atoms with Crippen LogP contribution in [0.15, 0.2) is 58.3 Å². The third-order valence-corrected chi connectivity index (χ3v) is 9.30. The van der Waals surface area contributed by atoms with Gasteiger partial charge in [0.2, 0.25) is 5.76 Å². The number of carbonyl (C=O) groups excluding carboxylic acids is 3. The zero-order valence-corrected chi connectivity index (χ0v) is 24.8. The lowest BCUT2D eigenvalue weighted by Crippen LogP contribution is -2.45. The Morgan fingerprint density at radius 2 is 2.07 bits per heavy atom. The maximum absolute atomic E-state index is 13.4. The van der Waals surface area contributed by atoms with Crippen LogP contribution in [-0.4, -0.2) is 55.1 Å². The molecule has 9 heteroatoms. The molecule has 0 aromatic heterocycles. The van der Waals surface area contributed by atoms with Gasteiger partial charge in [-0.05, 0) is 56.0 Å². The van der Waals surface area contributed by atoms with E-state index in [1.807, 2.05) is 36.4 Å². The number of hydrogen-bond acceptors (Lipinski definition) is 9. The normalized spacial score (nSPS) is 28.0. The summed E-state index contributed by atoms with van der Waals surface area (Å²) in [5, 5.41) is 13.1. The molecule has 1 fully saturated rings. The number of aliphatic hydroxyl groups is 1. The Kier molecular flexibility index (Phi) is 6.81. The van der Waals surface area contributed by atoms with Crippen molar-refractivity contribution >= 4 is 29.7 Å². The molecule has 5 aliphatic rings. The molecule has 0 amide bonds. The molecule has 1 saturated carbocycles. The first-order valence-corrected chi connectivity index (χ1v) is 15.0. The van der Waals surface area contributed by atoms with Crippen molar-refractivity contribution in [3.05, 3.63) is 80.6 Å². The average Bonchev–Trinajstić information content (AvgIpc) is 3.64. The summed E-state index contributed by atoms with van der Waals surface area (Å²) in [5.41, 5.74) is 2.44. The van der Waals surface area contributed by atoms with Crippen LogP contribution in [0.25, 0.3) is 11.6 Å². The summed E-state index contributed by atoms with van der Waals surface area (Å²) in [5.74, 6) is -0.403. The molecule has 2 aromatic carbocycles. The molecule has 1 N–H and O–H groups in total. The highest BCUT2D eigenvalue weighted by Gasteiger charge is 2.49. The number of methoxy groups -OCH3 is 1. The van der Waals surface area contributed by atoms with E-state index in [1.54, 1.807) is 27.0 Å². The molecule has 226 valence electrons. The topological polar surface area (TPSA) is 121 Å². The number of esters is 1. The molecule has 0 bridgehead atoms. The second-order valence-electron chi connectivity index (χ2n) is 12.0. The fourth-order valence-electron chi connectivity index (χ4n) is 7.23. The summed E-state index contributed by atoms with van der Waals surface area (Å²) in [6.07, 6.45) is 7.51. The van der Waals surface area contributed by atoms with E-state index in [-0.39, 0.29) is 41.8 Å². The Morgan fingerprint density at radius 1 is 1.23 bits per heavy atom. The number of carbonyl (C=O) groups is 3. The molecule has 7 rings (SSSR count). The van der Waals surface area contributed by atoms with Gasteiger partial charge in [0, 0.05) is 35.5 Å². The van der Waals surface area contributed by atoms with E-state index >= 15 is 0 Å². The number of Topliss-reactive ketones (excluding diaryl/α,β-unsaturated/α-hetero) is 1. The van der Waals surface area contributed by atoms with Crippen LogP contribution in [0.3, 0.4) is 0 Å². The van der Waals surface area contributed by atoms with Crippen molar-refractivity contribution in [1.29, 1.82) is 0 Å². The van der Waals surface area contributed by atoms with Crippen LogP contribution in [0.2, 0.25) is 0 Å². The van der Waals surface area contributed by atoms with Crippen LogP contribution in [0.4, 0.5) is 0 Å². The number of ketones is 1. The zero-order valence-electron chi connectivity index (χ0n) is 24.8. The van der Waals surface area contributed by atoms with Gasteiger partial charge in [0.15, 0.2) is 6.29 Å². The summed E-state index contributed by atoms with van der Waals surface area (Å²) in [7, 11) is 1.54. The smallest absolute Gasteiger partial charge is 0.375 e. The minimum Gasteiger partial charge on any atom is -0.496 e. The van der Waals surface area contributed by atoms with Gasteiger partial charge in [-0.1, -0.05) is 29.9 Å². The van der Waals surface area contributed by atoms with E-state index in [1.165, 1.54) is 0 Å². The maximum Gasteiger partial charge on any atom is 0.375 e. The van der Waals surface area contributed by atoms with Gasteiger partial charge in [0.05, 0.1) is 36.8 Å². The van der Waals surface area contributed by atoms with E-state index in [9.17, 15) is 19.5 Å². The van der Waals surface area contributed by atoms with E-state index in [4.69, 9.17) is 18.9 Å². The predicted molar refractivity (Wildman–Crippen MR) is 160 cm³/mol. The summed E-state index contributed by atoms with van der Waals surface area (Å²) in [6.45, 7) is 4.13. The Balaban J connectivity index is 1.44. The van der Waals surface area contributed by atoms with Crippen LogP contribution < -0.4 is 24.8 Å². The molecule has 0 saturated heterocycles. The first-order chi connectivity index (χ1) is 21.2. The van der Waals surface area contributed by atoms with Crippen molar-refractivity contribution < 1.29 is 38.4 Å². The Morgan fingerprint density at radius 3 is 2.84 bits per heavy atom. The van der Waals surface area contributed by atoms with Crippen molar-refractivity contribution in [2.75, 3.05) is 20.3 Å². The van der Waals surface area contributed by atoms with Crippen molar-refractivity contribution in [3.63, 3.8) is 0 Å². The molecule has 9 nitrogen and oxygen atoms in total. The van der Waals surface area contributed by atoms with Crippen molar-refractivity contribution in [2.45, 2.75) is 63.1 Å². The Bertz CT molecular complexity index is 1850. The third kappa shape index (κ3) is 4.32. The highest BCUT2D eigenvalue weighted by Crippen LogP contribution is 2.57. The summed E-state index contributed by atoms with van der Waals surface area (Å²) in [4.78, 5) is 43.9. The lowest BCUT2D eigenvalue weighted by atomic mass is 9.74. The molecular formula is C35H33NO8. The summed E-state index contributed by atoms with van der Waals surface area (Å²) < 4.78 is 23.8. The highest BCUT2D eigenvalue weighted by molar-refractivity contribution is 6.10. The van der Waals surface area contributed by atoms with Crippen LogP contribution in [0.5, 0.6) is 17.2 Å². The quantitative estimate of drug-likeness (QED) is 0.318.